The fourth-order valence-corrected chi connectivity index (χ4v) is 0. The summed E-state index contributed by atoms with van der Waals surface area (Å²) in [7, 11) is 0. The van der Waals surface area contributed by atoms with Gasteiger partial charge in [-0.05, 0) is 0 Å². The molecule has 0 aliphatic carbocycles. The predicted octanol–water partition coefficient (Wildman–Crippen LogP) is -5.29. The van der Waals surface area contributed by atoms with Gasteiger partial charge in [-0.2, -0.15) is 0 Å². The molecule has 0 saturated carbocycles. The molecule has 0 unspecified atom stereocenters. The monoisotopic (exact) mass is 139 g/mol. The molecule has 0 aromatic heterocycles. The molecular weight excluding hydrogens is 133 g/mol. The number of aliphatic carboxylic acids is 2. The van der Waals surface area contributed by atoms with Crippen molar-refractivity contribution in [2.45, 2.75) is 0 Å². The molecule has 0 amide bonds. The Bertz CT molecular complexity index is 89.3. The van der Waals surface area contributed by atoms with Crippen LogP contribution in [0.15, 0.2) is 0 Å². The summed E-state index contributed by atoms with van der Waals surface area (Å²) in [5, 5.41) is 14.8. The second-order valence-electron chi connectivity index (χ2n) is 0.610. The van der Waals surface area contributed by atoms with Crippen LogP contribution in [0.25, 0.3) is 0 Å². The summed E-state index contributed by atoms with van der Waals surface area (Å²) in [5.41, 5.74) is 0. The van der Waals surface area contributed by atoms with Crippen LogP contribution in [0.5, 0.6) is 0 Å². The van der Waals surface area contributed by atoms with Crippen molar-refractivity contribution in [2.75, 3.05) is 0 Å². The second kappa shape index (κ2) is 11.0. The van der Waals surface area contributed by atoms with Gasteiger partial charge in [0.05, 0.1) is 0 Å². The van der Waals surface area contributed by atoms with E-state index < -0.39 is 11.9 Å². The Morgan fingerprint density at radius 2 is 1.22 bits per heavy atom. The Hall–Kier alpha value is 0.135. The second-order valence-corrected chi connectivity index (χ2v) is 0.610. The number of hydrogen-bond donors (Lipinski definition) is 2. The van der Waals surface area contributed by atoms with Gasteiger partial charge in [0, 0.05) is 8.41 Å². The molecule has 9 heavy (non-hydrogen) atoms. The van der Waals surface area contributed by atoms with Gasteiger partial charge in [-0.3, -0.25) is 0 Å². The van der Waals surface area contributed by atoms with Crippen LogP contribution in [0.2, 0.25) is 0 Å². The summed E-state index contributed by atoms with van der Waals surface area (Å²) < 4.78 is 0. The molecule has 0 atom stereocenters. The number of carboxylic acids is 2. The predicted molar refractivity (Wildman–Crippen MR) is 32.1 cm³/mol. The van der Waals surface area contributed by atoms with E-state index in [1.807, 2.05) is 0 Å². The maximum absolute atomic E-state index is 9.10. The average Bonchev–Trinajstić information content (AvgIpc) is 1.36. The van der Waals surface area contributed by atoms with Gasteiger partial charge in [0.25, 0.3) is 0 Å². The number of rotatable bonds is 0. The third-order valence-corrected chi connectivity index (χ3v) is 0.183. The van der Waals surface area contributed by atoms with Crippen molar-refractivity contribution in [3.8, 4) is 0 Å². The molecule has 45 valence electrons. The average molecular weight is 139 g/mol. The molecule has 2 N–H and O–H groups in total. The Morgan fingerprint density at radius 3 is 1.22 bits per heavy atom. The summed E-state index contributed by atoms with van der Waals surface area (Å²) in [6.07, 6.45) is 0. The molecule has 7 heteroatoms. The molecule has 0 bridgehead atoms. The molecule has 4 nitrogen and oxygen atoms in total. The van der Waals surface area contributed by atoms with Crippen LogP contribution >= 0.6 is 0 Å². The summed E-state index contributed by atoms with van der Waals surface area (Å²) in [6, 6.07) is 0. The molecule has 0 aromatic carbocycles. The molecule has 0 fully saturated rings. The van der Waals surface area contributed by atoms with E-state index in [4.69, 9.17) is 19.8 Å². The van der Waals surface area contributed by atoms with Gasteiger partial charge in [0.1, 0.15) is 0 Å². The first kappa shape index (κ1) is 22.9. The Labute approximate surface area is 78.0 Å². The molecule has 0 spiro atoms. The van der Waals surface area contributed by atoms with Crippen molar-refractivity contribution < 1.29 is 40.1 Å². The maximum atomic E-state index is 9.10. The van der Waals surface area contributed by atoms with Gasteiger partial charge in [-0.25, -0.2) is 9.59 Å². The van der Waals surface area contributed by atoms with Crippen molar-refractivity contribution in [1.29, 1.82) is 0 Å². The van der Waals surface area contributed by atoms with Crippen LogP contribution in [-0.4, -0.2) is 47.9 Å². The van der Waals surface area contributed by atoms with Gasteiger partial charge in [0.2, 0.25) is 0 Å². The Balaban J connectivity index is -0.0000000208. The van der Waals surface area contributed by atoms with E-state index in [2.05, 4.69) is 0 Å². The third-order valence-electron chi connectivity index (χ3n) is 0.183. The van der Waals surface area contributed by atoms with Crippen LogP contribution in [-0.2, 0) is 9.59 Å². The molecule has 0 rings (SSSR count). The quantitative estimate of drug-likeness (QED) is 0.259. The van der Waals surface area contributed by atoms with Crippen LogP contribution in [0.4, 0.5) is 0 Å². The zero-order valence-corrected chi connectivity index (χ0v) is 4.29. The fraction of sp³-hybridized carbons (Fsp3) is 0. The molecule has 0 heterocycles. The summed E-state index contributed by atoms with van der Waals surface area (Å²) in [5.74, 6) is -3.65. The number of carbonyl (C=O) groups is 2. The summed E-state index contributed by atoms with van der Waals surface area (Å²) in [4.78, 5) is 18.2. The topological polar surface area (TPSA) is 74.6 Å². The first-order valence-electron chi connectivity index (χ1n) is 1.11. The largest absolute Gasteiger partial charge is 1.00 e. The Morgan fingerprint density at radius 1 is 1.11 bits per heavy atom. The smallest absolute Gasteiger partial charge is 1.00 e. The van der Waals surface area contributed by atoms with Crippen molar-refractivity contribution in [1.82, 2.24) is 0 Å². The standard InChI is InChI=1S/C2H2O4.Al.B.Li.4H/c3-1(4)2(5)6;;;;;;;/h(H,3,4)(H,5,6);;;;;;;/q;;;+1;;;;-1. The maximum Gasteiger partial charge on any atom is 1.00 e. The zero-order valence-electron chi connectivity index (χ0n) is 5.29. The molecule has 0 aromatic rings. The van der Waals surface area contributed by atoms with E-state index in [1.165, 1.54) is 0 Å². The van der Waals surface area contributed by atoms with E-state index in [0.717, 1.165) is 0 Å². The molecule has 0 aliphatic heterocycles. The van der Waals surface area contributed by atoms with E-state index in [0.29, 0.717) is 0 Å². The Kier molecular flexibility index (Phi) is 28.0. The number of hydrogen-bond acceptors (Lipinski definition) is 2. The van der Waals surface area contributed by atoms with E-state index >= 15 is 0 Å². The first-order valence-corrected chi connectivity index (χ1v) is 1.11. The van der Waals surface area contributed by atoms with E-state index in [1.54, 1.807) is 0 Å². The number of carboxylic acid groups (broad SMARTS) is 2. The summed E-state index contributed by atoms with van der Waals surface area (Å²) in [6.45, 7) is 0. The fourth-order valence-electron chi connectivity index (χ4n) is 0. The van der Waals surface area contributed by atoms with Crippen molar-refractivity contribution in [3.63, 3.8) is 0 Å². The van der Waals surface area contributed by atoms with Crippen molar-refractivity contribution in [3.05, 3.63) is 0 Å². The minimum atomic E-state index is -1.82. The van der Waals surface area contributed by atoms with Gasteiger partial charge in [0.15, 0.2) is 17.4 Å². The van der Waals surface area contributed by atoms with Gasteiger partial charge in [-0.15, -0.1) is 0 Å². The minimum Gasteiger partial charge on any atom is -1.00 e. The van der Waals surface area contributed by atoms with Crippen molar-refractivity contribution in [2.24, 2.45) is 0 Å². The molecule has 3 radical (unpaired) electrons. The molecular formula is C2H6AlBLiO4. The van der Waals surface area contributed by atoms with Crippen LogP contribution in [0.3, 0.4) is 0 Å². The van der Waals surface area contributed by atoms with Gasteiger partial charge in [-0.1, -0.05) is 0 Å². The molecule has 0 aliphatic rings. The van der Waals surface area contributed by atoms with Gasteiger partial charge >= 0.3 is 30.8 Å². The normalized spacial score (nSPS) is 4.89. The van der Waals surface area contributed by atoms with Crippen molar-refractivity contribution >= 4 is 37.7 Å². The van der Waals surface area contributed by atoms with E-state index in [-0.39, 0.29) is 46.1 Å². The van der Waals surface area contributed by atoms with Crippen LogP contribution in [0, 0.1) is 0 Å². The zero-order chi connectivity index (χ0) is 5.15. The summed E-state index contributed by atoms with van der Waals surface area (Å²) >= 11 is 0. The minimum absolute atomic E-state index is 0. The van der Waals surface area contributed by atoms with Gasteiger partial charge < -0.3 is 11.6 Å². The molecule has 0 saturated heterocycles. The van der Waals surface area contributed by atoms with E-state index in [9.17, 15) is 0 Å². The SMILES string of the molecule is O=C(O)C(=O)O.[AlH3].[B].[H-].[Li+]. The van der Waals surface area contributed by atoms with Crippen LogP contribution in [0.1, 0.15) is 1.43 Å². The third kappa shape index (κ3) is 17.9. The first-order chi connectivity index (χ1) is 2.64. The van der Waals surface area contributed by atoms with Crippen LogP contribution < -0.4 is 18.9 Å².